The van der Waals surface area contributed by atoms with Gasteiger partial charge in [-0.1, -0.05) is 6.07 Å². The van der Waals surface area contributed by atoms with Crippen molar-refractivity contribution < 1.29 is 9.90 Å². The van der Waals surface area contributed by atoms with Crippen molar-refractivity contribution in [1.82, 2.24) is 5.32 Å². The van der Waals surface area contributed by atoms with Gasteiger partial charge in [-0.15, -0.1) is 11.8 Å². The second-order valence-corrected chi connectivity index (χ2v) is 5.23. The van der Waals surface area contributed by atoms with Gasteiger partial charge >= 0.3 is 6.03 Å². The summed E-state index contributed by atoms with van der Waals surface area (Å²) in [6.45, 7) is 3.40. The van der Waals surface area contributed by atoms with Crippen molar-refractivity contribution in [3.63, 3.8) is 0 Å². The normalized spacial score (nSPS) is 11.1. The van der Waals surface area contributed by atoms with Gasteiger partial charge in [0.15, 0.2) is 0 Å². The fourth-order valence-electron chi connectivity index (χ4n) is 1.21. The molecule has 0 aliphatic rings. The van der Waals surface area contributed by atoms with Crippen LogP contribution in [0.5, 0.6) is 0 Å². The molecule has 0 atom stereocenters. The Kier molecular flexibility index (Phi) is 4.84. The highest BCUT2D eigenvalue weighted by Crippen LogP contribution is 2.18. The topological polar surface area (TPSA) is 61.4 Å². The standard InChI is InChI=1S/C12H18N2O2S/c1-12(2,8-15)14-11(16)13-9-5-4-6-10(7-9)17-3/h4-7,15H,8H2,1-3H3,(H2,13,14,16). The van der Waals surface area contributed by atoms with E-state index >= 15 is 0 Å². The minimum absolute atomic E-state index is 0.106. The number of benzene rings is 1. The largest absolute Gasteiger partial charge is 0.394 e. The van der Waals surface area contributed by atoms with Gasteiger partial charge in [0.05, 0.1) is 12.1 Å². The van der Waals surface area contributed by atoms with Crippen LogP contribution in [-0.2, 0) is 0 Å². The zero-order valence-corrected chi connectivity index (χ0v) is 11.1. The van der Waals surface area contributed by atoms with E-state index in [0.29, 0.717) is 0 Å². The monoisotopic (exact) mass is 254 g/mol. The Morgan fingerprint density at radius 3 is 2.76 bits per heavy atom. The molecule has 5 heteroatoms. The number of aliphatic hydroxyl groups excluding tert-OH is 1. The lowest BCUT2D eigenvalue weighted by Gasteiger charge is -2.23. The Bertz CT molecular complexity index is 394. The third kappa shape index (κ3) is 4.66. The first-order chi connectivity index (χ1) is 7.96. The van der Waals surface area contributed by atoms with Crippen LogP contribution in [0.1, 0.15) is 13.8 Å². The Morgan fingerprint density at radius 1 is 1.47 bits per heavy atom. The maximum atomic E-state index is 11.6. The van der Waals surface area contributed by atoms with Crippen molar-refractivity contribution >= 4 is 23.5 Å². The number of hydrogen-bond acceptors (Lipinski definition) is 3. The molecule has 0 aliphatic heterocycles. The summed E-state index contributed by atoms with van der Waals surface area (Å²) in [6.07, 6.45) is 1.98. The molecule has 4 nitrogen and oxygen atoms in total. The molecule has 0 fully saturated rings. The van der Waals surface area contributed by atoms with E-state index < -0.39 is 5.54 Å². The molecule has 1 rings (SSSR count). The highest BCUT2D eigenvalue weighted by Gasteiger charge is 2.18. The van der Waals surface area contributed by atoms with E-state index in [2.05, 4.69) is 10.6 Å². The first-order valence-corrected chi connectivity index (χ1v) is 6.53. The smallest absolute Gasteiger partial charge is 0.319 e. The quantitative estimate of drug-likeness (QED) is 0.722. The van der Waals surface area contributed by atoms with E-state index in [1.807, 2.05) is 30.5 Å². The van der Waals surface area contributed by atoms with Crippen molar-refractivity contribution in [1.29, 1.82) is 0 Å². The number of nitrogens with one attached hydrogen (secondary N) is 2. The number of hydrogen-bond donors (Lipinski definition) is 3. The van der Waals surface area contributed by atoms with Gasteiger partial charge in [-0.05, 0) is 38.3 Å². The van der Waals surface area contributed by atoms with Crippen LogP contribution in [0, 0.1) is 0 Å². The zero-order valence-electron chi connectivity index (χ0n) is 10.3. The molecule has 1 aromatic carbocycles. The fourth-order valence-corrected chi connectivity index (χ4v) is 1.67. The molecule has 0 saturated heterocycles. The predicted octanol–water partition coefficient (Wildman–Crippen LogP) is 2.30. The molecule has 0 aromatic heterocycles. The highest BCUT2D eigenvalue weighted by atomic mass is 32.2. The van der Waals surface area contributed by atoms with Gasteiger partial charge < -0.3 is 15.7 Å². The predicted molar refractivity (Wildman–Crippen MR) is 71.5 cm³/mol. The number of rotatable bonds is 4. The van der Waals surface area contributed by atoms with Crippen LogP contribution >= 0.6 is 11.8 Å². The lowest BCUT2D eigenvalue weighted by molar-refractivity contribution is 0.187. The maximum absolute atomic E-state index is 11.6. The summed E-state index contributed by atoms with van der Waals surface area (Å²) in [7, 11) is 0. The third-order valence-electron chi connectivity index (χ3n) is 2.17. The molecule has 0 saturated carbocycles. The minimum atomic E-state index is -0.624. The Morgan fingerprint density at radius 2 is 2.18 bits per heavy atom. The van der Waals surface area contributed by atoms with E-state index in [-0.39, 0.29) is 12.6 Å². The summed E-state index contributed by atoms with van der Waals surface area (Å²) in [5.74, 6) is 0. The molecule has 94 valence electrons. The molecule has 1 aromatic rings. The molecule has 0 radical (unpaired) electrons. The number of amides is 2. The van der Waals surface area contributed by atoms with Crippen molar-refractivity contribution in [2.24, 2.45) is 0 Å². The lowest BCUT2D eigenvalue weighted by Crippen LogP contribution is -2.48. The summed E-state index contributed by atoms with van der Waals surface area (Å²) in [4.78, 5) is 12.7. The van der Waals surface area contributed by atoms with Crippen LogP contribution in [0.3, 0.4) is 0 Å². The molecule has 0 spiro atoms. The molecule has 0 unspecified atom stereocenters. The first kappa shape index (κ1) is 13.9. The summed E-state index contributed by atoms with van der Waals surface area (Å²) < 4.78 is 0. The molecule has 0 bridgehead atoms. The van der Waals surface area contributed by atoms with Crippen molar-refractivity contribution in [3.05, 3.63) is 24.3 Å². The van der Waals surface area contributed by atoms with Crippen LogP contribution in [0.4, 0.5) is 10.5 Å². The second kappa shape index (κ2) is 5.93. The Labute approximate surface area is 106 Å². The highest BCUT2D eigenvalue weighted by molar-refractivity contribution is 7.98. The summed E-state index contributed by atoms with van der Waals surface area (Å²) in [5, 5.41) is 14.5. The van der Waals surface area contributed by atoms with Crippen molar-refractivity contribution in [2.45, 2.75) is 24.3 Å². The number of anilines is 1. The number of urea groups is 1. The lowest BCUT2D eigenvalue weighted by atomic mass is 10.1. The number of aliphatic hydroxyl groups is 1. The summed E-state index contributed by atoms with van der Waals surface area (Å²) >= 11 is 1.62. The Balaban J connectivity index is 2.62. The van der Waals surface area contributed by atoms with E-state index in [1.165, 1.54) is 0 Å². The van der Waals surface area contributed by atoms with Crippen molar-refractivity contribution in [2.75, 3.05) is 18.2 Å². The Hall–Kier alpha value is -1.20. The minimum Gasteiger partial charge on any atom is -0.394 e. The average molecular weight is 254 g/mol. The van der Waals surface area contributed by atoms with Gasteiger partial charge in [-0.25, -0.2) is 4.79 Å². The van der Waals surface area contributed by atoms with Gasteiger partial charge in [0.1, 0.15) is 0 Å². The summed E-state index contributed by atoms with van der Waals surface area (Å²) in [6, 6.07) is 7.27. The molecule has 3 N–H and O–H groups in total. The molecule has 0 aliphatic carbocycles. The van der Waals surface area contributed by atoms with E-state index in [4.69, 9.17) is 5.11 Å². The van der Waals surface area contributed by atoms with Crippen LogP contribution in [0.25, 0.3) is 0 Å². The van der Waals surface area contributed by atoms with E-state index in [9.17, 15) is 4.79 Å². The third-order valence-corrected chi connectivity index (χ3v) is 2.90. The second-order valence-electron chi connectivity index (χ2n) is 4.35. The van der Waals surface area contributed by atoms with Gasteiger partial charge in [-0.2, -0.15) is 0 Å². The fraction of sp³-hybridized carbons (Fsp3) is 0.417. The van der Waals surface area contributed by atoms with Gasteiger partial charge in [0, 0.05) is 10.6 Å². The average Bonchev–Trinajstić information content (AvgIpc) is 2.28. The molecular weight excluding hydrogens is 236 g/mol. The number of carbonyl (C=O) groups is 1. The number of carbonyl (C=O) groups excluding carboxylic acids is 1. The van der Waals surface area contributed by atoms with Gasteiger partial charge in [-0.3, -0.25) is 0 Å². The summed E-state index contributed by atoms with van der Waals surface area (Å²) in [5.41, 5.74) is 0.115. The zero-order chi connectivity index (χ0) is 12.9. The van der Waals surface area contributed by atoms with E-state index in [1.54, 1.807) is 25.6 Å². The molecular formula is C12H18N2O2S. The van der Waals surface area contributed by atoms with E-state index in [0.717, 1.165) is 10.6 Å². The maximum Gasteiger partial charge on any atom is 0.319 e. The van der Waals surface area contributed by atoms with Crippen LogP contribution in [-0.4, -0.2) is 29.5 Å². The van der Waals surface area contributed by atoms with Crippen LogP contribution < -0.4 is 10.6 Å². The SMILES string of the molecule is CSc1cccc(NC(=O)NC(C)(C)CO)c1. The molecule has 2 amide bonds. The van der Waals surface area contributed by atoms with Crippen molar-refractivity contribution in [3.8, 4) is 0 Å². The number of thioether (sulfide) groups is 1. The van der Waals surface area contributed by atoms with Crippen LogP contribution in [0.15, 0.2) is 29.2 Å². The molecule has 0 heterocycles. The van der Waals surface area contributed by atoms with Crippen LogP contribution in [0.2, 0.25) is 0 Å². The molecule has 17 heavy (non-hydrogen) atoms. The first-order valence-electron chi connectivity index (χ1n) is 5.31. The van der Waals surface area contributed by atoms with Gasteiger partial charge in [0.2, 0.25) is 0 Å². The van der Waals surface area contributed by atoms with Gasteiger partial charge in [0.25, 0.3) is 0 Å².